The lowest BCUT2D eigenvalue weighted by molar-refractivity contribution is -0.128. The molecule has 1 fully saturated rings. The molecule has 5 nitrogen and oxygen atoms in total. The maximum Gasteiger partial charge on any atom is 0.233 e. The predicted octanol–water partition coefficient (Wildman–Crippen LogP) is 1.99. The summed E-state index contributed by atoms with van der Waals surface area (Å²) in [6.07, 6.45) is 7.40. The summed E-state index contributed by atoms with van der Waals surface area (Å²) >= 11 is 0. The van der Waals surface area contributed by atoms with Crippen LogP contribution in [0.15, 0.2) is 5.16 Å². The van der Waals surface area contributed by atoms with Crippen molar-refractivity contribution in [1.29, 1.82) is 0 Å². The van der Waals surface area contributed by atoms with Crippen molar-refractivity contribution in [3.05, 3.63) is 0 Å². The Hall–Kier alpha value is -1.26. The number of nitrogens with zero attached hydrogens (tertiary/aromatic N) is 1. The molecular formula is C13H25N3O2. The third kappa shape index (κ3) is 3.37. The number of nitrogens with two attached hydrogens (primary N) is 1. The molecule has 18 heavy (non-hydrogen) atoms. The molecule has 0 bridgehead atoms. The first-order chi connectivity index (χ1) is 8.54. The van der Waals surface area contributed by atoms with E-state index in [1.807, 2.05) is 6.92 Å². The van der Waals surface area contributed by atoms with Gasteiger partial charge in [0.15, 0.2) is 5.84 Å². The minimum atomic E-state index is -0.916. The van der Waals surface area contributed by atoms with Gasteiger partial charge in [0.2, 0.25) is 5.91 Å². The summed E-state index contributed by atoms with van der Waals surface area (Å²) in [5.41, 5.74) is 4.72. The number of nitrogens with one attached hydrogen (secondary N) is 1. The first-order valence-electron chi connectivity index (χ1n) is 6.83. The van der Waals surface area contributed by atoms with Crippen LogP contribution in [0.5, 0.6) is 0 Å². The fourth-order valence-electron chi connectivity index (χ4n) is 2.34. The van der Waals surface area contributed by atoms with Crippen molar-refractivity contribution in [2.24, 2.45) is 16.3 Å². The number of oxime groups is 1. The monoisotopic (exact) mass is 255 g/mol. The van der Waals surface area contributed by atoms with Crippen LogP contribution in [0.25, 0.3) is 0 Å². The Morgan fingerprint density at radius 2 is 1.94 bits per heavy atom. The highest BCUT2D eigenvalue weighted by molar-refractivity contribution is 6.06. The van der Waals surface area contributed by atoms with Gasteiger partial charge >= 0.3 is 0 Å². The first-order valence-corrected chi connectivity index (χ1v) is 6.83. The second kappa shape index (κ2) is 6.61. The van der Waals surface area contributed by atoms with Crippen molar-refractivity contribution in [3.63, 3.8) is 0 Å². The second-order valence-electron chi connectivity index (χ2n) is 5.33. The lowest BCUT2D eigenvalue weighted by atomic mass is 9.84. The normalized spacial score (nSPS) is 22.0. The van der Waals surface area contributed by atoms with E-state index in [4.69, 9.17) is 10.9 Å². The molecule has 1 aliphatic carbocycles. The maximum atomic E-state index is 12.3. The Bertz CT molecular complexity index is 309. The lowest BCUT2D eigenvalue weighted by Crippen LogP contribution is -2.50. The highest BCUT2D eigenvalue weighted by atomic mass is 16.4. The highest BCUT2D eigenvalue weighted by Gasteiger charge is 2.37. The van der Waals surface area contributed by atoms with Crippen LogP contribution in [0.2, 0.25) is 0 Å². The smallest absolute Gasteiger partial charge is 0.233 e. The molecule has 1 rings (SSSR count). The Morgan fingerprint density at radius 3 is 2.39 bits per heavy atom. The number of rotatable bonds is 4. The summed E-state index contributed by atoms with van der Waals surface area (Å²) in [5.74, 6) is -0.150. The summed E-state index contributed by atoms with van der Waals surface area (Å²) in [4.78, 5) is 12.3. The van der Waals surface area contributed by atoms with Crippen molar-refractivity contribution < 1.29 is 10.0 Å². The minimum Gasteiger partial charge on any atom is -0.409 e. The van der Waals surface area contributed by atoms with Crippen LogP contribution in [0.4, 0.5) is 0 Å². The molecule has 104 valence electrons. The Balaban J connectivity index is 2.67. The van der Waals surface area contributed by atoms with Gasteiger partial charge in [-0.05, 0) is 26.2 Å². The summed E-state index contributed by atoms with van der Waals surface area (Å²) in [5, 5.41) is 14.8. The number of carbonyl (C=O) groups is 1. The van der Waals surface area contributed by atoms with E-state index in [0.717, 1.165) is 25.7 Å². The van der Waals surface area contributed by atoms with Gasteiger partial charge in [-0.25, -0.2) is 0 Å². The van der Waals surface area contributed by atoms with Gasteiger partial charge in [-0.1, -0.05) is 37.8 Å². The molecule has 0 heterocycles. The number of amidine groups is 1. The Morgan fingerprint density at radius 1 is 1.39 bits per heavy atom. The molecule has 1 aliphatic rings. The van der Waals surface area contributed by atoms with E-state index < -0.39 is 5.41 Å². The SMILES string of the molecule is CCC(C)(C(=O)NC1CCCCCC1)C(N)=NO. The fourth-order valence-corrected chi connectivity index (χ4v) is 2.34. The van der Waals surface area contributed by atoms with E-state index in [-0.39, 0.29) is 17.8 Å². The molecule has 0 aromatic heterocycles. The van der Waals surface area contributed by atoms with Gasteiger partial charge in [0.05, 0.1) is 0 Å². The fraction of sp³-hybridized carbons (Fsp3) is 0.846. The second-order valence-corrected chi connectivity index (χ2v) is 5.33. The third-order valence-electron chi connectivity index (χ3n) is 4.07. The average molecular weight is 255 g/mol. The molecule has 1 unspecified atom stereocenters. The van der Waals surface area contributed by atoms with Gasteiger partial charge in [-0.2, -0.15) is 0 Å². The summed E-state index contributed by atoms with van der Waals surface area (Å²) in [7, 11) is 0. The molecule has 0 aromatic rings. The first kappa shape index (κ1) is 14.8. The van der Waals surface area contributed by atoms with Crippen molar-refractivity contribution in [2.75, 3.05) is 0 Å². The summed E-state index contributed by atoms with van der Waals surface area (Å²) in [6, 6.07) is 0.234. The molecule has 0 radical (unpaired) electrons. The van der Waals surface area contributed by atoms with Crippen LogP contribution < -0.4 is 11.1 Å². The lowest BCUT2D eigenvalue weighted by Gasteiger charge is -2.28. The number of hydrogen-bond acceptors (Lipinski definition) is 3. The Kier molecular flexibility index (Phi) is 5.44. The molecule has 0 spiro atoms. The van der Waals surface area contributed by atoms with Crippen molar-refractivity contribution in [1.82, 2.24) is 5.32 Å². The Labute approximate surface area is 109 Å². The van der Waals surface area contributed by atoms with E-state index in [2.05, 4.69) is 10.5 Å². The summed E-state index contributed by atoms with van der Waals surface area (Å²) in [6.45, 7) is 3.58. The van der Waals surface area contributed by atoms with E-state index in [1.165, 1.54) is 12.8 Å². The van der Waals surface area contributed by atoms with Gasteiger partial charge in [0, 0.05) is 6.04 Å². The zero-order valence-corrected chi connectivity index (χ0v) is 11.4. The van der Waals surface area contributed by atoms with Crippen LogP contribution in [0, 0.1) is 5.41 Å². The minimum absolute atomic E-state index is 0.0175. The molecule has 0 saturated heterocycles. The van der Waals surface area contributed by atoms with Crippen molar-refractivity contribution in [2.45, 2.75) is 64.8 Å². The van der Waals surface area contributed by atoms with Crippen LogP contribution in [0.1, 0.15) is 58.8 Å². The van der Waals surface area contributed by atoms with Crippen molar-refractivity contribution in [3.8, 4) is 0 Å². The molecule has 0 aliphatic heterocycles. The standard InChI is InChI=1S/C13H25N3O2/c1-3-13(2,11(14)16-18)12(17)15-10-8-6-4-5-7-9-10/h10,18H,3-9H2,1-2H3,(H2,14,16)(H,15,17). The van der Waals surface area contributed by atoms with E-state index in [1.54, 1.807) is 6.92 Å². The number of hydrogen-bond donors (Lipinski definition) is 3. The molecule has 5 heteroatoms. The third-order valence-corrected chi connectivity index (χ3v) is 4.07. The quantitative estimate of drug-likeness (QED) is 0.236. The van der Waals surface area contributed by atoms with Crippen LogP contribution in [-0.4, -0.2) is 23.0 Å². The van der Waals surface area contributed by atoms with Gasteiger partial charge in [0.1, 0.15) is 5.41 Å². The van der Waals surface area contributed by atoms with E-state index >= 15 is 0 Å². The van der Waals surface area contributed by atoms with E-state index in [9.17, 15) is 4.79 Å². The molecule has 1 saturated carbocycles. The number of carbonyl (C=O) groups excluding carboxylic acids is 1. The average Bonchev–Trinajstić information content (AvgIpc) is 2.65. The van der Waals surface area contributed by atoms with Crippen molar-refractivity contribution >= 4 is 11.7 Å². The zero-order chi connectivity index (χ0) is 13.6. The molecule has 4 N–H and O–H groups in total. The number of amides is 1. The van der Waals surface area contributed by atoms with Crippen LogP contribution in [0.3, 0.4) is 0 Å². The van der Waals surface area contributed by atoms with Gasteiger partial charge in [0.25, 0.3) is 0 Å². The van der Waals surface area contributed by atoms with Crippen LogP contribution >= 0.6 is 0 Å². The van der Waals surface area contributed by atoms with Gasteiger partial charge < -0.3 is 16.3 Å². The zero-order valence-electron chi connectivity index (χ0n) is 11.4. The topological polar surface area (TPSA) is 87.7 Å². The molecule has 1 atom stereocenters. The van der Waals surface area contributed by atoms with Gasteiger partial charge in [-0.15, -0.1) is 0 Å². The molecule has 1 amide bonds. The molecule has 0 aromatic carbocycles. The summed E-state index contributed by atoms with van der Waals surface area (Å²) < 4.78 is 0. The predicted molar refractivity (Wildman–Crippen MR) is 71.4 cm³/mol. The molecular weight excluding hydrogens is 230 g/mol. The maximum absolute atomic E-state index is 12.3. The van der Waals surface area contributed by atoms with Gasteiger partial charge in [-0.3, -0.25) is 4.79 Å². The highest BCUT2D eigenvalue weighted by Crippen LogP contribution is 2.24. The van der Waals surface area contributed by atoms with E-state index in [0.29, 0.717) is 6.42 Å². The largest absolute Gasteiger partial charge is 0.409 e. The van der Waals surface area contributed by atoms with Crippen LogP contribution in [-0.2, 0) is 4.79 Å².